The summed E-state index contributed by atoms with van der Waals surface area (Å²) >= 11 is 0. The topological polar surface area (TPSA) is 43.6 Å². The van der Waals surface area contributed by atoms with Gasteiger partial charge in [-0.15, -0.1) is 0 Å². The molecule has 3 rings (SSSR count). The van der Waals surface area contributed by atoms with Gasteiger partial charge in [0, 0.05) is 17.7 Å². The van der Waals surface area contributed by atoms with Crippen LogP contribution in [0.1, 0.15) is 22.9 Å². The van der Waals surface area contributed by atoms with E-state index in [0.717, 1.165) is 35.8 Å². The first-order valence-electron chi connectivity index (χ1n) is 6.35. The molecule has 1 N–H and O–H groups in total. The third kappa shape index (κ3) is 1.98. The minimum absolute atomic E-state index is 0.0174. The van der Waals surface area contributed by atoms with Gasteiger partial charge >= 0.3 is 0 Å². The number of ether oxygens (including phenoxy) is 2. The largest absolute Gasteiger partial charge is 0.496 e. The van der Waals surface area contributed by atoms with E-state index >= 15 is 0 Å². The summed E-state index contributed by atoms with van der Waals surface area (Å²) in [7, 11) is 3.39. The van der Waals surface area contributed by atoms with E-state index in [1.54, 1.807) is 20.5 Å². The summed E-state index contributed by atoms with van der Waals surface area (Å²) in [4.78, 5) is 0. The number of nitrogens with one attached hydrogen (secondary N) is 1. The first-order chi connectivity index (χ1) is 9.35. The molecule has 2 heterocycles. The zero-order chi connectivity index (χ0) is 13.2. The summed E-state index contributed by atoms with van der Waals surface area (Å²) in [5.41, 5.74) is 2.31. The number of hydrogen-bond donors (Lipinski definition) is 1. The smallest absolute Gasteiger partial charge is 0.125 e. The first-order valence-corrected chi connectivity index (χ1v) is 6.35. The van der Waals surface area contributed by atoms with Crippen molar-refractivity contribution < 1.29 is 13.9 Å². The van der Waals surface area contributed by atoms with E-state index in [4.69, 9.17) is 13.9 Å². The molecule has 0 spiro atoms. The van der Waals surface area contributed by atoms with Crippen LogP contribution in [0.3, 0.4) is 0 Å². The number of rotatable bonds is 3. The Hall–Kier alpha value is -1.94. The molecule has 0 radical (unpaired) electrons. The number of methoxy groups -OCH3 is 2. The lowest BCUT2D eigenvalue weighted by Crippen LogP contribution is -2.31. The van der Waals surface area contributed by atoms with Crippen LogP contribution >= 0.6 is 0 Å². The highest BCUT2D eigenvalue weighted by molar-refractivity contribution is 5.53. The van der Waals surface area contributed by atoms with Crippen molar-refractivity contribution in [2.45, 2.75) is 12.5 Å². The fourth-order valence-electron chi connectivity index (χ4n) is 2.71. The van der Waals surface area contributed by atoms with Crippen molar-refractivity contribution in [2.24, 2.45) is 0 Å². The molecule has 1 unspecified atom stereocenters. The van der Waals surface area contributed by atoms with Crippen LogP contribution in [0.15, 0.2) is 34.9 Å². The van der Waals surface area contributed by atoms with Crippen molar-refractivity contribution in [3.05, 3.63) is 47.4 Å². The standard InChI is InChI=1S/C15H17NO3/c1-17-11-5-6-12(18-2)14-10(11)7-8-16-15(14)13-4-3-9-19-13/h3-6,9,15-16H,7-8H2,1-2H3. The van der Waals surface area contributed by atoms with Gasteiger partial charge < -0.3 is 19.2 Å². The van der Waals surface area contributed by atoms with Crippen LogP contribution in [0.2, 0.25) is 0 Å². The highest BCUT2D eigenvalue weighted by atomic mass is 16.5. The van der Waals surface area contributed by atoms with Crippen molar-refractivity contribution in [1.82, 2.24) is 5.32 Å². The number of furan rings is 1. The van der Waals surface area contributed by atoms with Gasteiger partial charge in [0.05, 0.1) is 26.5 Å². The molecule has 1 aromatic heterocycles. The van der Waals surface area contributed by atoms with E-state index in [-0.39, 0.29) is 6.04 Å². The van der Waals surface area contributed by atoms with E-state index in [9.17, 15) is 0 Å². The third-order valence-electron chi connectivity index (χ3n) is 3.55. The molecule has 2 aromatic rings. The fourth-order valence-corrected chi connectivity index (χ4v) is 2.71. The molecule has 0 saturated carbocycles. The first kappa shape index (κ1) is 12.1. The molecule has 1 atom stereocenters. The Balaban J connectivity index is 2.16. The molecule has 1 aromatic carbocycles. The lowest BCUT2D eigenvalue weighted by molar-refractivity contribution is 0.370. The van der Waals surface area contributed by atoms with Gasteiger partial charge in [0.25, 0.3) is 0 Å². The van der Waals surface area contributed by atoms with E-state index < -0.39 is 0 Å². The molecule has 4 heteroatoms. The van der Waals surface area contributed by atoms with Crippen LogP contribution < -0.4 is 14.8 Å². The van der Waals surface area contributed by atoms with Gasteiger partial charge in [-0.05, 0) is 30.7 Å². The van der Waals surface area contributed by atoms with E-state index in [0.29, 0.717) is 0 Å². The van der Waals surface area contributed by atoms with Crippen molar-refractivity contribution in [3.63, 3.8) is 0 Å². The van der Waals surface area contributed by atoms with Crippen LogP contribution in [0, 0.1) is 0 Å². The Bertz CT molecular complexity index is 563. The van der Waals surface area contributed by atoms with Crippen LogP contribution in [-0.2, 0) is 6.42 Å². The minimum Gasteiger partial charge on any atom is -0.496 e. The number of hydrogen-bond acceptors (Lipinski definition) is 4. The number of fused-ring (bicyclic) bond motifs is 1. The van der Waals surface area contributed by atoms with Gasteiger partial charge in [0.15, 0.2) is 0 Å². The third-order valence-corrected chi connectivity index (χ3v) is 3.55. The quantitative estimate of drug-likeness (QED) is 0.920. The summed E-state index contributed by atoms with van der Waals surface area (Å²) in [5, 5.41) is 3.47. The summed E-state index contributed by atoms with van der Waals surface area (Å²) in [5.74, 6) is 2.67. The predicted molar refractivity (Wildman–Crippen MR) is 71.8 cm³/mol. The maximum Gasteiger partial charge on any atom is 0.125 e. The fraction of sp³-hybridized carbons (Fsp3) is 0.333. The summed E-state index contributed by atoms with van der Waals surface area (Å²) in [6, 6.07) is 7.80. The molecule has 1 aliphatic rings. The van der Waals surface area contributed by atoms with Gasteiger partial charge in [0.2, 0.25) is 0 Å². The van der Waals surface area contributed by atoms with Crippen LogP contribution in [-0.4, -0.2) is 20.8 Å². The number of benzene rings is 1. The molecule has 0 saturated heterocycles. The normalized spacial score (nSPS) is 17.9. The van der Waals surface area contributed by atoms with Crippen molar-refractivity contribution in [1.29, 1.82) is 0 Å². The van der Waals surface area contributed by atoms with E-state index in [2.05, 4.69) is 5.32 Å². The summed E-state index contributed by atoms with van der Waals surface area (Å²) < 4.78 is 16.5. The lowest BCUT2D eigenvalue weighted by Gasteiger charge is -2.28. The molecule has 0 bridgehead atoms. The summed E-state index contributed by atoms with van der Waals surface area (Å²) in [6.07, 6.45) is 2.62. The average molecular weight is 259 g/mol. The molecule has 0 aliphatic carbocycles. The Morgan fingerprint density at radius 1 is 1.16 bits per heavy atom. The molecule has 0 fully saturated rings. The second kappa shape index (κ2) is 4.97. The Morgan fingerprint density at radius 3 is 2.63 bits per heavy atom. The molecule has 0 amide bonds. The highest BCUT2D eigenvalue weighted by Crippen LogP contribution is 2.40. The lowest BCUT2D eigenvalue weighted by atomic mass is 9.91. The van der Waals surface area contributed by atoms with Gasteiger partial charge in [-0.25, -0.2) is 0 Å². The van der Waals surface area contributed by atoms with Gasteiger partial charge in [0.1, 0.15) is 17.3 Å². The van der Waals surface area contributed by atoms with Gasteiger partial charge in [-0.1, -0.05) is 0 Å². The Morgan fingerprint density at radius 2 is 1.95 bits per heavy atom. The molecule has 1 aliphatic heterocycles. The second-order valence-corrected chi connectivity index (χ2v) is 4.51. The van der Waals surface area contributed by atoms with Crippen LogP contribution in [0.5, 0.6) is 11.5 Å². The van der Waals surface area contributed by atoms with Crippen molar-refractivity contribution in [3.8, 4) is 11.5 Å². The highest BCUT2D eigenvalue weighted by Gasteiger charge is 2.29. The Kier molecular flexibility index (Phi) is 3.17. The van der Waals surface area contributed by atoms with Gasteiger partial charge in [-0.3, -0.25) is 0 Å². The van der Waals surface area contributed by atoms with Crippen LogP contribution in [0.4, 0.5) is 0 Å². The summed E-state index contributed by atoms with van der Waals surface area (Å²) in [6.45, 7) is 0.891. The van der Waals surface area contributed by atoms with Crippen LogP contribution in [0.25, 0.3) is 0 Å². The zero-order valence-corrected chi connectivity index (χ0v) is 11.1. The maximum absolute atomic E-state index is 5.54. The maximum atomic E-state index is 5.54. The Labute approximate surface area is 112 Å². The average Bonchev–Trinajstić information content (AvgIpc) is 2.99. The SMILES string of the molecule is COc1ccc(OC)c2c1CCNC2c1ccco1. The molecule has 4 nitrogen and oxygen atoms in total. The minimum atomic E-state index is 0.0174. The predicted octanol–water partition coefficient (Wildman–Crippen LogP) is 2.53. The van der Waals surface area contributed by atoms with Gasteiger partial charge in [-0.2, -0.15) is 0 Å². The van der Waals surface area contributed by atoms with E-state index in [1.807, 2.05) is 24.3 Å². The zero-order valence-electron chi connectivity index (χ0n) is 11.1. The molecule has 19 heavy (non-hydrogen) atoms. The molecular weight excluding hydrogens is 242 g/mol. The van der Waals surface area contributed by atoms with Crippen molar-refractivity contribution in [2.75, 3.05) is 20.8 Å². The molecular formula is C15H17NO3. The van der Waals surface area contributed by atoms with E-state index in [1.165, 1.54) is 5.56 Å². The molecule has 100 valence electrons. The second-order valence-electron chi connectivity index (χ2n) is 4.51. The monoisotopic (exact) mass is 259 g/mol. The van der Waals surface area contributed by atoms with Crippen molar-refractivity contribution >= 4 is 0 Å².